The van der Waals surface area contributed by atoms with Crippen LogP contribution in [0.4, 0.5) is 5.82 Å². The lowest BCUT2D eigenvalue weighted by Gasteiger charge is -2.06. The molecule has 0 saturated heterocycles. The molecule has 0 aliphatic heterocycles. The molecule has 0 amide bonds. The van der Waals surface area contributed by atoms with Gasteiger partial charge in [-0.25, -0.2) is 4.98 Å². The van der Waals surface area contributed by atoms with Gasteiger partial charge in [0, 0.05) is 10.6 Å². The molecule has 2 aromatic rings. The molecule has 2 rings (SSSR count). The van der Waals surface area contributed by atoms with E-state index in [2.05, 4.69) is 4.98 Å². The Labute approximate surface area is 93.7 Å². The van der Waals surface area contributed by atoms with Gasteiger partial charge in [-0.05, 0) is 24.6 Å². The molecule has 0 aliphatic rings. The molecule has 0 bridgehead atoms. The third-order valence-electron chi connectivity index (χ3n) is 2.23. The number of aromatic nitrogens is 1. The Balaban J connectivity index is 2.59. The van der Waals surface area contributed by atoms with Gasteiger partial charge in [-0.2, -0.15) is 0 Å². The van der Waals surface area contributed by atoms with Gasteiger partial charge in [0.05, 0.1) is 5.69 Å². The van der Waals surface area contributed by atoms with Crippen LogP contribution in [0.5, 0.6) is 0 Å². The minimum Gasteiger partial charge on any atom is -0.384 e. The highest BCUT2D eigenvalue weighted by Gasteiger charge is 2.04. The smallest absolute Gasteiger partial charge is 0.125 e. The maximum absolute atomic E-state index is 5.93. The minimum absolute atomic E-state index is 0.445. The number of nitrogens with zero attached hydrogens (tertiary/aromatic N) is 1. The summed E-state index contributed by atoms with van der Waals surface area (Å²) < 4.78 is 0. The van der Waals surface area contributed by atoms with Crippen LogP contribution in [0.2, 0.25) is 5.02 Å². The van der Waals surface area contributed by atoms with E-state index in [1.807, 2.05) is 37.3 Å². The van der Waals surface area contributed by atoms with Crippen LogP contribution in [0.1, 0.15) is 5.56 Å². The highest BCUT2D eigenvalue weighted by molar-refractivity contribution is 6.31. The summed E-state index contributed by atoms with van der Waals surface area (Å²) in [6.07, 6.45) is 0. The highest BCUT2D eigenvalue weighted by Crippen LogP contribution is 2.25. The van der Waals surface area contributed by atoms with Gasteiger partial charge in [-0.3, -0.25) is 0 Å². The summed E-state index contributed by atoms with van der Waals surface area (Å²) in [5.74, 6) is 0.445. The molecular weight excluding hydrogens is 208 g/mol. The number of nitrogens with two attached hydrogens (primary N) is 1. The summed E-state index contributed by atoms with van der Waals surface area (Å²) in [6.45, 7) is 2.04. The fourth-order valence-electron chi connectivity index (χ4n) is 1.52. The first kappa shape index (κ1) is 9.99. The summed E-state index contributed by atoms with van der Waals surface area (Å²) >= 11 is 5.93. The number of pyridine rings is 1. The first-order valence-corrected chi connectivity index (χ1v) is 5.03. The number of benzene rings is 1. The van der Waals surface area contributed by atoms with Crippen LogP contribution >= 0.6 is 11.6 Å². The maximum atomic E-state index is 5.93. The summed E-state index contributed by atoms with van der Waals surface area (Å²) in [7, 11) is 0. The molecule has 1 heterocycles. The SMILES string of the molecule is Cc1ccccc1-c1cc(Cl)cc(N)n1. The Bertz CT molecular complexity index is 474. The number of rotatable bonds is 1. The van der Waals surface area contributed by atoms with Gasteiger partial charge in [0.25, 0.3) is 0 Å². The number of hydrogen-bond donors (Lipinski definition) is 1. The molecule has 2 N–H and O–H groups in total. The van der Waals surface area contributed by atoms with E-state index in [4.69, 9.17) is 17.3 Å². The molecule has 0 radical (unpaired) electrons. The van der Waals surface area contributed by atoms with Crippen molar-refractivity contribution >= 4 is 17.4 Å². The van der Waals surface area contributed by atoms with Crippen LogP contribution in [0.25, 0.3) is 11.3 Å². The molecule has 0 fully saturated rings. The van der Waals surface area contributed by atoms with E-state index in [0.717, 1.165) is 16.8 Å². The summed E-state index contributed by atoms with van der Waals surface area (Å²) in [5, 5.41) is 0.612. The topological polar surface area (TPSA) is 38.9 Å². The van der Waals surface area contributed by atoms with Gasteiger partial charge in [-0.1, -0.05) is 35.9 Å². The molecule has 0 saturated carbocycles. The van der Waals surface area contributed by atoms with Crippen molar-refractivity contribution in [2.45, 2.75) is 6.92 Å². The van der Waals surface area contributed by atoms with Crippen LogP contribution in [0.15, 0.2) is 36.4 Å². The quantitative estimate of drug-likeness (QED) is 0.798. The van der Waals surface area contributed by atoms with Crippen molar-refractivity contribution in [1.82, 2.24) is 4.98 Å². The Morgan fingerprint density at radius 1 is 1.20 bits per heavy atom. The Kier molecular flexibility index (Phi) is 2.60. The van der Waals surface area contributed by atoms with Crippen LogP contribution < -0.4 is 5.73 Å². The third-order valence-corrected chi connectivity index (χ3v) is 2.45. The maximum Gasteiger partial charge on any atom is 0.125 e. The van der Waals surface area contributed by atoms with Crippen molar-refractivity contribution in [1.29, 1.82) is 0 Å². The zero-order valence-corrected chi connectivity index (χ0v) is 9.12. The van der Waals surface area contributed by atoms with Crippen molar-refractivity contribution in [3.8, 4) is 11.3 Å². The van der Waals surface area contributed by atoms with Gasteiger partial charge in [0.15, 0.2) is 0 Å². The van der Waals surface area contributed by atoms with E-state index >= 15 is 0 Å². The summed E-state index contributed by atoms with van der Waals surface area (Å²) in [4.78, 5) is 4.26. The molecule has 0 aliphatic carbocycles. The predicted octanol–water partition coefficient (Wildman–Crippen LogP) is 3.29. The van der Waals surface area contributed by atoms with E-state index in [1.165, 1.54) is 0 Å². The molecule has 0 atom stereocenters. The van der Waals surface area contributed by atoms with Crippen molar-refractivity contribution < 1.29 is 0 Å². The molecule has 0 spiro atoms. The molecule has 0 unspecified atom stereocenters. The van der Waals surface area contributed by atoms with Crippen molar-refractivity contribution in [2.24, 2.45) is 0 Å². The van der Waals surface area contributed by atoms with Crippen molar-refractivity contribution in [3.05, 3.63) is 47.0 Å². The number of nitrogen functional groups attached to an aromatic ring is 1. The molecule has 3 heteroatoms. The lowest BCUT2D eigenvalue weighted by molar-refractivity contribution is 1.31. The fraction of sp³-hybridized carbons (Fsp3) is 0.0833. The Morgan fingerprint density at radius 2 is 1.93 bits per heavy atom. The summed E-state index contributed by atoms with van der Waals surface area (Å²) in [5.41, 5.74) is 8.69. The van der Waals surface area contributed by atoms with Crippen molar-refractivity contribution in [3.63, 3.8) is 0 Å². The van der Waals surface area contributed by atoms with E-state index in [-0.39, 0.29) is 0 Å². The summed E-state index contributed by atoms with van der Waals surface area (Å²) in [6, 6.07) is 11.5. The standard InChI is InChI=1S/C12H11ClN2/c1-8-4-2-3-5-10(8)11-6-9(13)7-12(14)15-11/h2-7H,1H3,(H2,14,15). The zero-order valence-electron chi connectivity index (χ0n) is 8.37. The first-order chi connectivity index (χ1) is 7.16. The number of aryl methyl sites for hydroxylation is 1. The molecular formula is C12H11ClN2. The molecule has 1 aromatic heterocycles. The van der Waals surface area contributed by atoms with E-state index in [9.17, 15) is 0 Å². The average Bonchev–Trinajstić information content (AvgIpc) is 2.16. The lowest BCUT2D eigenvalue weighted by atomic mass is 10.1. The zero-order chi connectivity index (χ0) is 10.8. The molecule has 2 nitrogen and oxygen atoms in total. The Hall–Kier alpha value is -1.54. The second-order valence-electron chi connectivity index (χ2n) is 3.41. The third kappa shape index (κ3) is 2.10. The van der Waals surface area contributed by atoms with Crippen LogP contribution in [0, 0.1) is 6.92 Å². The van der Waals surface area contributed by atoms with Crippen LogP contribution in [0.3, 0.4) is 0 Å². The van der Waals surface area contributed by atoms with Gasteiger partial charge < -0.3 is 5.73 Å². The lowest BCUT2D eigenvalue weighted by Crippen LogP contribution is -1.93. The minimum atomic E-state index is 0.445. The second-order valence-corrected chi connectivity index (χ2v) is 3.85. The van der Waals surface area contributed by atoms with Crippen LogP contribution in [-0.4, -0.2) is 4.98 Å². The highest BCUT2D eigenvalue weighted by atomic mass is 35.5. The predicted molar refractivity (Wildman–Crippen MR) is 63.8 cm³/mol. The molecule has 76 valence electrons. The molecule has 1 aromatic carbocycles. The first-order valence-electron chi connectivity index (χ1n) is 4.66. The molecule has 15 heavy (non-hydrogen) atoms. The van der Waals surface area contributed by atoms with Gasteiger partial charge in [0.1, 0.15) is 5.82 Å². The number of hydrogen-bond acceptors (Lipinski definition) is 2. The van der Waals surface area contributed by atoms with Crippen molar-refractivity contribution in [2.75, 3.05) is 5.73 Å². The monoisotopic (exact) mass is 218 g/mol. The second kappa shape index (κ2) is 3.91. The number of anilines is 1. The van der Waals surface area contributed by atoms with E-state index in [0.29, 0.717) is 10.8 Å². The Morgan fingerprint density at radius 3 is 2.60 bits per heavy atom. The van der Waals surface area contributed by atoms with Crippen LogP contribution in [-0.2, 0) is 0 Å². The fourth-order valence-corrected chi connectivity index (χ4v) is 1.73. The van der Waals surface area contributed by atoms with Gasteiger partial charge in [-0.15, -0.1) is 0 Å². The van der Waals surface area contributed by atoms with Gasteiger partial charge in [0.2, 0.25) is 0 Å². The number of halogens is 1. The normalized spacial score (nSPS) is 10.3. The van der Waals surface area contributed by atoms with E-state index < -0.39 is 0 Å². The van der Waals surface area contributed by atoms with Gasteiger partial charge >= 0.3 is 0 Å². The van der Waals surface area contributed by atoms with E-state index in [1.54, 1.807) is 6.07 Å². The average molecular weight is 219 g/mol. The largest absolute Gasteiger partial charge is 0.384 e.